The predicted octanol–water partition coefficient (Wildman–Crippen LogP) is 11.6. The maximum Gasteiger partial charge on any atom is 0.164 e. The van der Waals surface area contributed by atoms with Crippen molar-refractivity contribution >= 4 is 21.8 Å². The molecule has 9 aromatic rings. The Hall–Kier alpha value is -6.85. The molecule has 0 fully saturated rings. The highest BCUT2D eigenvalue weighted by molar-refractivity contribution is 6.04. The van der Waals surface area contributed by atoms with Crippen LogP contribution in [-0.2, 0) is 0 Å². The minimum atomic E-state index is 0.621. The van der Waals surface area contributed by atoms with Crippen LogP contribution in [0.15, 0.2) is 164 Å². The normalized spacial score (nSPS) is 11.3. The van der Waals surface area contributed by atoms with Crippen LogP contribution in [0.2, 0.25) is 0 Å². The van der Waals surface area contributed by atoms with Crippen LogP contribution in [0, 0.1) is 13.8 Å². The standard InChI is InChI=1S/C47H33N5/c1-30-27-42(49-44-41(30)26-25-34-20-19-31(2)48-43(34)44)39-17-9-15-37(28-39)38-16-10-18-40(29-38)47-51-45(35-13-7-4-8-14-35)50-46(52-47)36-23-21-33(22-24-36)32-11-5-3-6-12-32/h3-29H,1-2H3. The van der Waals surface area contributed by atoms with Gasteiger partial charge < -0.3 is 0 Å². The molecule has 0 amide bonds. The summed E-state index contributed by atoms with van der Waals surface area (Å²) >= 11 is 0. The third-order valence-corrected chi connectivity index (χ3v) is 9.52. The fraction of sp³-hybridized carbons (Fsp3) is 0.0426. The molecule has 0 unspecified atom stereocenters. The monoisotopic (exact) mass is 667 g/mol. The smallest absolute Gasteiger partial charge is 0.164 e. The minimum absolute atomic E-state index is 0.621. The van der Waals surface area contributed by atoms with E-state index in [-0.39, 0.29) is 0 Å². The second-order valence-electron chi connectivity index (χ2n) is 13.1. The number of fused-ring (bicyclic) bond motifs is 3. The molecule has 6 aromatic carbocycles. The van der Waals surface area contributed by atoms with Gasteiger partial charge in [-0.05, 0) is 65.9 Å². The van der Waals surface area contributed by atoms with Crippen molar-refractivity contribution in [3.8, 4) is 67.7 Å². The van der Waals surface area contributed by atoms with Gasteiger partial charge in [0, 0.05) is 38.7 Å². The summed E-state index contributed by atoms with van der Waals surface area (Å²) in [7, 11) is 0. The van der Waals surface area contributed by atoms with Crippen molar-refractivity contribution in [1.29, 1.82) is 0 Å². The molecule has 0 aliphatic carbocycles. The fourth-order valence-corrected chi connectivity index (χ4v) is 6.77. The summed E-state index contributed by atoms with van der Waals surface area (Å²) in [4.78, 5) is 25.0. The van der Waals surface area contributed by atoms with Crippen molar-refractivity contribution in [3.63, 3.8) is 0 Å². The van der Waals surface area contributed by atoms with E-state index in [1.807, 2.05) is 49.4 Å². The van der Waals surface area contributed by atoms with Gasteiger partial charge in [0.25, 0.3) is 0 Å². The van der Waals surface area contributed by atoms with Crippen LogP contribution in [-0.4, -0.2) is 24.9 Å². The first-order valence-corrected chi connectivity index (χ1v) is 17.4. The highest BCUT2D eigenvalue weighted by Gasteiger charge is 2.15. The average molecular weight is 668 g/mol. The molecule has 0 radical (unpaired) electrons. The SMILES string of the molecule is Cc1ccc2ccc3c(C)cc(-c4cccc(-c5cccc(-c6nc(-c7ccccc7)nc(-c7ccc(-c8ccccc8)cc7)n6)c5)c4)nc3c2n1. The van der Waals surface area contributed by atoms with Gasteiger partial charge in [-0.2, -0.15) is 0 Å². The first-order chi connectivity index (χ1) is 25.6. The van der Waals surface area contributed by atoms with Crippen molar-refractivity contribution in [2.45, 2.75) is 13.8 Å². The van der Waals surface area contributed by atoms with Gasteiger partial charge in [0.05, 0.1) is 16.7 Å². The lowest BCUT2D eigenvalue weighted by Crippen LogP contribution is -2.00. The summed E-state index contributed by atoms with van der Waals surface area (Å²) < 4.78 is 0. The zero-order valence-corrected chi connectivity index (χ0v) is 28.8. The Morgan fingerprint density at radius 1 is 0.327 bits per heavy atom. The largest absolute Gasteiger partial charge is 0.251 e. The average Bonchev–Trinajstić information content (AvgIpc) is 3.21. The maximum atomic E-state index is 5.19. The van der Waals surface area contributed by atoms with Crippen LogP contribution in [0.5, 0.6) is 0 Å². The van der Waals surface area contributed by atoms with E-state index in [1.165, 1.54) is 11.1 Å². The van der Waals surface area contributed by atoms with Crippen LogP contribution >= 0.6 is 0 Å². The molecule has 5 nitrogen and oxygen atoms in total. The van der Waals surface area contributed by atoms with Gasteiger partial charge in [0.2, 0.25) is 0 Å². The van der Waals surface area contributed by atoms with Crippen LogP contribution in [0.25, 0.3) is 89.5 Å². The topological polar surface area (TPSA) is 64.5 Å². The van der Waals surface area contributed by atoms with E-state index in [9.17, 15) is 0 Å². The van der Waals surface area contributed by atoms with E-state index < -0.39 is 0 Å². The molecule has 0 atom stereocenters. The zero-order chi connectivity index (χ0) is 35.0. The van der Waals surface area contributed by atoms with E-state index >= 15 is 0 Å². The van der Waals surface area contributed by atoms with Gasteiger partial charge in [-0.3, -0.25) is 4.98 Å². The van der Waals surface area contributed by atoms with Crippen molar-refractivity contribution in [2.75, 3.05) is 0 Å². The summed E-state index contributed by atoms with van der Waals surface area (Å²) in [6.45, 7) is 4.17. The van der Waals surface area contributed by atoms with Crippen molar-refractivity contribution in [3.05, 3.63) is 175 Å². The second kappa shape index (κ2) is 13.1. The highest BCUT2D eigenvalue weighted by Crippen LogP contribution is 2.33. The quantitative estimate of drug-likeness (QED) is 0.165. The highest BCUT2D eigenvalue weighted by atomic mass is 15.0. The Kier molecular flexibility index (Phi) is 7.86. The van der Waals surface area contributed by atoms with Gasteiger partial charge >= 0.3 is 0 Å². The zero-order valence-electron chi connectivity index (χ0n) is 28.8. The molecule has 5 heteroatoms. The number of hydrogen-bond donors (Lipinski definition) is 0. The van der Waals surface area contributed by atoms with Gasteiger partial charge in [-0.25, -0.2) is 19.9 Å². The number of aryl methyl sites for hydroxylation is 2. The lowest BCUT2D eigenvalue weighted by Gasteiger charge is -2.12. The Morgan fingerprint density at radius 3 is 1.52 bits per heavy atom. The molecule has 52 heavy (non-hydrogen) atoms. The van der Waals surface area contributed by atoms with Gasteiger partial charge in [-0.1, -0.05) is 140 Å². The molecule has 0 aliphatic heterocycles. The summed E-state index contributed by atoms with van der Waals surface area (Å²) in [5, 5.41) is 2.21. The first-order valence-electron chi connectivity index (χ1n) is 17.4. The molecule has 0 saturated heterocycles. The summed E-state index contributed by atoms with van der Waals surface area (Å²) in [6, 6.07) is 56.5. The molecular formula is C47H33N5. The molecule has 9 rings (SSSR count). The maximum absolute atomic E-state index is 5.19. The number of nitrogens with zero attached hydrogens (tertiary/aromatic N) is 5. The third kappa shape index (κ3) is 5.99. The van der Waals surface area contributed by atoms with Crippen molar-refractivity contribution in [2.24, 2.45) is 0 Å². The van der Waals surface area contributed by atoms with E-state index in [2.05, 4.69) is 128 Å². The van der Waals surface area contributed by atoms with Gasteiger partial charge in [0.1, 0.15) is 0 Å². The Bertz CT molecular complexity index is 2740. The molecule has 3 aromatic heterocycles. The predicted molar refractivity (Wildman–Crippen MR) is 213 cm³/mol. The number of hydrogen-bond acceptors (Lipinski definition) is 5. The second-order valence-corrected chi connectivity index (χ2v) is 13.1. The summed E-state index contributed by atoms with van der Waals surface area (Å²) in [6.07, 6.45) is 0. The molecule has 0 bridgehead atoms. The number of benzene rings is 6. The first kappa shape index (κ1) is 31.2. The number of aromatic nitrogens is 5. The third-order valence-electron chi connectivity index (χ3n) is 9.52. The van der Waals surface area contributed by atoms with E-state index in [1.54, 1.807) is 0 Å². The van der Waals surface area contributed by atoms with Crippen LogP contribution in [0.4, 0.5) is 0 Å². The molecule has 0 spiro atoms. The summed E-state index contributed by atoms with van der Waals surface area (Å²) in [5.74, 6) is 1.89. The van der Waals surface area contributed by atoms with Crippen molar-refractivity contribution < 1.29 is 0 Å². The van der Waals surface area contributed by atoms with Gasteiger partial charge in [-0.15, -0.1) is 0 Å². The van der Waals surface area contributed by atoms with Crippen molar-refractivity contribution in [1.82, 2.24) is 24.9 Å². The molecule has 246 valence electrons. The number of pyridine rings is 2. The minimum Gasteiger partial charge on any atom is -0.251 e. The van der Waals surface area contributed by atoms with E-state index in [4.69, 9.17) is 24.9 Å². The molecular weight excluding hydrogens is 635 g/mol. The van der Waals surface area contributed by atoms with Gasteiger partial charge in [0.15, 0.2) is 17.5 Å². The summed E-state index contributed by atoms with van der Waals surface area (Å²) in [5.41, 5.74) is 13.2. The lowest BCUT2D eigenvalue weighted by atomic mass is 9.98. The fourth-order valence-electron chi connectivity index (χ4n) is 6.77. The lowest BCUT2D eigenvalue weighted by molar-refractivity contribution is 1.07. The van der Waals surface area contributed by atoms with E-state index in [0.717, 1.165) is 72.1 Å². The molecule has 0 aliphatic rings. The van der Waals surface area contributed by atoms with Crippen LogP contribution in [0.3, 0.4) is 0 Å². The Morgan fingerprint density at radius 2 is 0.827 bits per heavy atom. The van der Waals surface area contributed by atoms with Crippen LogP contribution < -0.4 is 0 Å². The molecule has 0 saturated carbocycles. The molecule has 0 N–H and O–H groups in total. The van der Waals surface area contributed by atoms with Crippen LogP contribution in [0.1, 0.15) is 11.3 Å². The Balaban J connectivity index is 1.11. The van der Waals surface area contributed by atoms with E-state index in [0.29, 0.717) is 17.5 Å². The number of rotatable bonds is 6. The Labute approximate surface area is 302 Å². The molecule has 3 heterocycles.